The van der Waals surface area contributed by atoms with Gasteiger partial charge in [0.25, 0.3) is 0 Å². The van der Waals surface area contributed by atoms with Gasteiger partial charge in [-0.2, -0.15) is 0 Å². The second-order valence-electron chi connectivity index (χ2n) is 9.37. The highest BCUT2D eigenvalue weighted by molar-refractivity contribution is 5.67. The van der Waals surface area contributed by atoms with Crippen molar-refractivity contribution in [2.45, 2.75) is 97.1 Å². The third-order valence-corrected chi connectivity index (χ3v) is 6.52. The molecule has 0 amide bonds. The van der Waals surface area contributed by atoms with Gasteiger partial charge in [0.15, 0.2) is 0 Å². The molecule has 0 atom stereocenters. The van der Waals surface area contributed by atoms with Gasteiger partial charge in [0.1, 0.15) is 0 Å². The highest BCUT2D eigenvalue weighted by Gasteiger charge is 2.14. The number of aryl methyl sites for hydroxylation is 3. The Morgan fingerprint density at radius 1 is 0.633 bits per heavy atom. The second kappa shape index (κ2) is 11.3. The van der Waals surface area contributed by atoms with Crippen LogP contribution in [0.15, 0.2) is 36.4 Å². The summed E-state index contributed by atoms with van der Waals surface area (Å²) in [5.41, 5.74) is 13.2. The van der Waals surface area contributed by atoms with Crippen molar-refractivity contribution in [3.63, 3.8) is 0 Å². The zero-order chi connectivity index (χ0) is 21.3. The molecule has 0 aromatic heterocycles. The van der Waals surface area contributed by atoms with E-state index >= 15 is 0 Å². The standard InChI is InChI=1S/C14H21N.C13H20N2/c1-11-8-9-14(12(2)10-11)15-13-6-4-3-5-7-13;1-10-7-8-13(12(14)9-10)15-11-5-3-2-4-6-11/h8-10,13,15H,3-7H2,1-2H3;7-9,11,15H,2-6,14H2,1H3. The maximum atomic E-state index is 5.98. The largest absolute Gasteiger partial charge is 0.397 e. The van der Waals surface area contributed by atoms with Crippen LogP contribution in [0.1, 0.15) is 80.9 Å². The zero-order valence-corrected chi connectivity index (χ0v) is 19.3. The number of nitrogens with one attached hydrogen (secondary N) is 2. The van der Waals surface area contributed by atoms with E-state index in [2.05, 4.69) is 61.7 Å². The van der Waals surface area contributed by atoms with Crippen LogP contribution < -0.4 is 16.4 Å². The van der Waals surface area contributed by atoms with E-state index in [1.807, 2.05) is 6.07 Å². The van der Waals surface area contributed by atoms with Crippen LogP contribution in [0.25, 0.3) is 0 Å². The number of rotatable bonds is 4. The zero-order valence-electron chi connectivity index (χ0n) is 19.3. The Bertz CT molecular complexity index is 719. The molecule has 4 N–H and O–H groups in total. The number of hydrogen-bond donors (Lipinski definition) is 3. The molecule has 0 radical (unpaired) electrons. The fourth-order valence-electron chi connectivity index (χ4n) is 4.72. The summed E-state index contributed by atoms with van der Waals surface area (Å²) in [6.45, 7) is 6.41. The van der Waals surface area contributed by atoms with Crippen molar-refractivity contribution in [1.29, 1.82) is 0 Å². The molecule has 2 aromatic carbocycles. The SMILES string of the molecule is Cc1ccc(NC2CCCCC2)c(C)c1.Cc1ccc(NC2CCCCC2)c(N)c1. The van der Waals surface area contributed by atoms with Crippen LogP contribution in [0.3, 0.4) is 0 Å². The van der Waals surface area contributed by atoms with E-state index in [4.69, 9.17) is 5.73 Å². The molecule has 164 valence electrons. The van der Waals surface area contributed by atoms with Gasteiger partial charge in [-0.3, -0.25) is 0 Å². The van der Waals surface area contributed by atoms with Crippen molar-refractivity contribution in [2.24, 2.45) is 0 Å². The summed E-state index contributed by atoms with van der Waals surface area (Å²) in [6.07, 6.45) is 13.5. The number of anilines is 3. The van der Waals surface area contributed by atoms with Gasteiger partial charge in [0.05, 0.1) is 11.4 Å². The molecule has 2 aliphatic carbocycles. The first-order chi connectivity index (χ1) is 14.5. The van der Waals surface area contributed by atoms with Gasteiger partial charge in [-0.1, -0.05) is 62.3 Å². The highest BCUT2D eigenvalue weighted by atomic mass is 14.9. The van der Waals surface area contributed by atoms with E-state index < -0.39 is 0 Å². The van der Waals surface area contributed by atoms with Crippen molar-refractivity contribution >= 4 is 17.1 Å². The van der Waals surface area contributed by atoms with Crippen molar-refractivity contribution < 1.29 is 0 Å². The molecule has 0 aliphatic heterocycles. The minimum absolute atomic E-state index is 0.628. The summed E-state index contributed by atoms with van der Waals surface area (Å²) < 4.78 is 0. The Balaban J connectivity index is 0.000000171. The lowest BCUT2D eigenvalue weighted by molar-refractivity contribution is 0.462. The van der Waals surface area contributed by atoms with E-state index in [-0.39, 0.29) is 0 Å². The lowest BCUT2D eigenvalue weighted by Crippen LogP contribution is -2.22. The Labute approximate surface area is 183 Å². The third-order valence-electron chi connectivity index (χ3n) is 6.52. The van der Waals surface area contributed by atoms with Crippen LogP contribution in [0.2, 0.25) is 0 Å². The fraction of sp³-hybridized carbons (Fsp3) is 0.556. The van der Waals surface area contributed by atoms with Gasteiger partial charge < -0.3 is 16.4 Å². The number of hydrogen-bond acceptors (Lipinski definition) is 3. The first-order valence-electron chi connectivity index (χ1n) is 12.0. The molecule has 3 nitrogen and oxygen atoms in total. The van der Waals surface area contributed by atoms with Crippen LogP contribution in [-0.2, 0) is 0 Å². The quantitative estimate of drug-likeness (QED) is 0.464. The van der Waals surface area contributed by atoms with Gasteiger partial charge >= 0.3 is 0 Å². The second-order valence-corrected chi connectivity index (χ2v) is 9.37. The van der Waals surface area contributed by atoms with Crippen molar-refractivity contribution in [2.75, 3.05) is 16.4 Å². The van der Waals surface area contributed by atoms with Crippen molar-refractivity contribution in [1.82, 2.24) is 0 Å². The Morgan fingerprint density at radius 2 is 1.10 bits per heavy atom. The van der Waals surface area contributed by atoms with Crippen LogP contribution in [0, 0.1) is 20.8 Å². The molecule has 2 fully saturated rings. The monoisotopic (exact) mass is 407 g/mol. The van der Waals surface area contributed by atoms with Crippen LogP contribution in [-0.4, -0.2) is 12.1 Å². The molecular weight excluding hydrogens is 366 g/mol. The van der Waals surface area contributed by atoms with Crippen molar-refractivity contribution in [3.8, 4) is 0 Å². The first kappa shape index (κ1) is 22.5. The van der Waals surface area contributed by atoms with Crippen LogP contribution >= 0.6 is 0 Å². The van der Waals surface area contributed by atoms with Gasteiger partial charge in [-0.15, -0.1) is 0 Å². The van der Waals surface area contributed by atoms with Crippen LogP contribution in [0.4, 0.5) is 17.1 Å². The van der Waals surface area contributed by atoms with Gasteiger partial charge in [-0.05, 0) is 75.8 Å². The topological polar surface area (TPSA) is 50.1 Å². The summed E-state index contributed by atoms with van der Waals surface area (Å²) >= 11 is 0. The maximum absolute atomic E-state index is 5.98. The summed E-state index contributed by atoms with van der Waals surface area (Å²) in [4.78, 5) is 0. The summed E-state index contributed by atoms with van der Waals surface area (Å²) in [6, 6.07) is 14.2. The fourth-order valence-corrected chi connectivity index (χ4v) is 4.72. The number of benzene rings is 2. The predicted octanol–water partition coefficient (Wildman–Crippen LogP) is 7.37. The highest BCUT2D eigenvalue weighted by Crippen LogP contribution is 2.26. The van der Waals surface area contributed by atoms with E-state index in [1.54, 1.807) is 0 Å². The molecule has 4 rings (SSSR count). The Hall–Kier alpha value is -2.16. The average molecular weight is 408 g/mol. The number of nitrogen functional groups attached to an aromatic ring is 1. The minimum Gasteiger partial charge on any atom is -0.397 e. The third kappa shape index (κ3) is 6.97. The average Bonchev–Trinajstić information content (AvgIpc) is 2.74. The summed E-state index contributed by atoms with van der Waals surface area (Å²) in [5.74, 6) is 0. The molecule has 3 heteroatoms. The Morgan fingerprint density at radius 3 is 1.60 bits per heavy atom. The molecule has 2 saturated carbocycles. The first-order valence-corrected chi connectivity index (χ1v) is 12.0. The predicted molar refractivity (Wildman–Crippen MR) is 132 cm³/mol. The summed E-state index contributed by atoms with van der Waals surface area (Å²) in [7, 11) is 0. The van der Waals surface area contributed by atoms with E-state index in [0.29, 0.717) is 12.1 Å². The van der Waals surface area contributed by atoms with E-state index in [1.165, 1.54) is 86.6 Å². The molecule has 0 saturated heterocycles. The van der Waals surface area contributed by atoms with Crippen molar-refractivity contribution in [3.05, 3.63) is 53.1 Å². The minimum atomic E-state index is 0.628. The normalized spacial score (nSPS) is 17.7. The van der Waals surface area contributed by atoms with Gasteiger partial charge in [0.2, 0.25) is 0 Å². The molecule has 0 spiro atoms. The summed E-state index contributed by atoms with van der Waals surface area (Å²) in [5, 5.41) is 7.23. The molecule has 0 heterocycles. The molecular formula is C27H41N3. The lowest BCUT2D eigenvalue weighted by Gasteiger charge is -2.24. The van der Waals surface area contributed by atoms with Crippen LogP contribution in [0.5, 0.6) is 0 Å². The van der Waals surface area contributed by atoms with E-state index in [9.17, 15) is 0 Å². The maximum Gasteiger partial charge on any atom is 0.0576 e. The molecule has 0 bridgehead atoms. The molecule has 2 aliphatic rings. The Kier molecular flexibility index (Phi) is 8.48. The number of nitrogens with two attached hydrogens (primary N) is 1. The molecule has 30 heavy (non-hydrogen) atoms. The van der Waals surface area contributed by atoms with E-state index in [0.717, 1.165) is 11.4 Å². The van der Waals surface area contributed by atoms with Gasteiger partial charge in [0, 0.05) is 17.8 Å². The smallest absolute Gasteiger partial charge is 0.0576 e. The van der Waals surface area contributed by atoms with Gasteiger partial charge in [-0.25, -0.2) is 0 Å². The molecule has 2 aromatic rings. The lowest BCUT2D eigenvalue weighted by atomic mass is 9.95. The molecule has 0 unspecified atom stereocenters.